The predicted octanol–water partition coefficient (Wildman–Crippen LogP) is 30.6. The van der Waals surface area contributed by atoms with E-state index in [1.807, 2.05) is 0 Å². The molecule has 0 bridgehead atoms. The van der Waals surface area contributed by atoms with Crippen LogP contribution in [0.3, 0.4) is 0 Å². The Morgan fingerprint density at radius 3 is 0.892 bits per heavy atom. The standard InChI is InChI=1S/C54H43N.C39H38BNO2.C21H17Br/c1-53(2)48-20-12-11-18-45(48)46-33-31-43(35-51(46)53)55(41-27-22-37(23-28-41)36-14-7-5-8-15-36)42-29-24-38(25-30-42)40-26-32-47-50(34-40)54(3,4)49-21-13-19-44(52(47)49)39-16-9-6-10-17-39;1-37(2)35-15-11-10-14-33(35)34-25-24-32(26-36(34)37)41(30-20-16-28(17-21-30)27-12-8-7-9-13-27)31-22-18-29(19-23-31)40-42-38(3,4)39(5,6)43-40;1-21(2)18-10-6-9-16(14-7-4-3-5-8-14)20(18)17-12-11-15(22)13-19(17)21/h5-35H,1-4H3;7-26H,1-6H3;3-13H,1-2H3. The molecule has 4 nitrogen and oxygen atoms in total. The first-order chi connectivity index (χ1) is 57.9. The van der Waals surface area contributed by atoms with Gasteiger partial charge >= 0.3 is 7.12 Å². The van der Waals surface area contributed by atoms with Crippen molar-refractivity contribution >= 4 is 62.6 Å². The Kier molecular flexibility index (Phi) is 19.5. The third-order valence-corrected chi connectivity index (χ3v) is 27.3. The van der Waals surface area contributed by atoms with E-state index in [1.165, 1.54) is 145 Å². The Morgan fingerprint density at radius 1 is 0.208 bits per heavy atom. The molecule has 5 aliphatic rings. The highest BCUT2D eigenvalue weighted by atomic mass is 79.9. The van der Waals surface area contributed by atoms with Crippen LogP contribution in [0.1, 0.15) is 128 Å². The van der Waals surface area contributed by atoms with E-state index in [2.05, 4.69) is 485 Å². The van der Waals surface area contributed by atoms with E-state index in [0.29, 0.717) is 0 Å². The first-order valence-corrected chi connectivity index (χ1v) is 43.0. The summed E-state index contributed by atoms with van der Waals surface area (Å²) in [6, 6.07) is 137. The molecule has 0 aromatic heterocycles. The van der Waals surface area contributed by atoms with Crippen molar-refractivity contribution in [2.24, 2.45) is 0 Å². The van der Waals surface area contributed by atoms with Crippen molar-refractivity contribution in [2.75, 3.05) is 9.80 Å². The summed E-state index contributed by atoms with van der Waals surface area (Å²) in [6.45, 7) is 27.1. The van der Waals surface area contributed by atoms with Gasteiger partial charge in [-0.2, -0.15) is 0 Å². The summed E-state index contributed by atoms with van der Waals surface area (Å²) in [5, 5.41) is 0. The van der Waals surface area contributed by atoms with Crippen LogP contribution in [0, 0.1) is 0 Å². The molecule has 1 saturated heterocycles. The van der Waals surface area contributed by atoms with Crippen LogP contribution in [-0.4, -0.2) is 18.3 Å². The molecule has 0 N–H and O–H groups in total. The first kappa shape index (κ1) is 77.5. The van der Waals surface area contributed by atoms with Gasteiger partial charge in [0.1, 0.15) is 0 Å². The monoisotopic (exact) mass is 1620 g/mol. The number of halogens is 1. The van der Waals surface area contributed by atoms with E-state index in [0.717, 1.165) is 44.1 Å². The summed E-state index contributed by atoms with van der Waals surface area (Å²) in [5.41, 5.74) is 41.1. The summed E-state index contributed by atoms with van der Waals surface area (Å²) in [7, 11) is -0.392. The van der Waals surface area contributed by atoms with Crippen LogP contribution in [0.15, 0.2) is 381 Å². The fourth-order valence-corrected chi connectivity index (χ4v) is 19.8. The van der Waals surface area contributed by atoms with Crippen LogP contribution in [0.4, 0.5) is 34.1 Å². The Hall–Kier alpha value is -12.4. The van der Waals surface area contributed by atoms with Gasteiger partial charge in [0.05, 0.1) is 11.2 Å². The van der Waals surface area contributed by atoms with Crippen molar-refractivity contribution in [1.82, 2.24) is 0 Å². The molecule has 0 unspecified atom stereocenters. The average Bonchev–Trinajstić information content (AvgIpc) is 1.60. The number of hydrogen-bond acceptors (Lipinski definition) is 4. The Labute approximate surface area is 717 Å². The minimum absolute atomic E-state index is 0.0409. The molecular formula is C114H98BBrN2O2. The van der Waals surface area contributed by atoms with E-state index in [4.69, 9.17) is 9.31 Å². The average molecular weight is 1620 g/mol. The summed E-state index contributed by atoms with van der Waals surface area (Å²) in [6.07, 6.45) is 0. The lowest BCUT2D eigenvalue weighted by Gasteiger charge is -2.32. The summed E-state index contributed by atoms with van der Waals surface area (Å²) < 4.78 is 13.8. The molecule has 1 heterocycles. The van der Waals surface area contributed by atoms with Crippen molar-refractivity contribution in [1.29, 1.82) is 0 Å². The second-order valence-electron chi connectivity index (χ2n) is 35.9. The third kappa shape index (κ3) is 13.5. The zero-order valence-corrected chi connectivity index (χ0v) is 72.0. The molecule has 0 atom stereocenters. The molecule has 1 aliphatic heterocycles. The molecule has 0 amide bonds. The van der Waals surface area contributed by atoms with Gasteiger partial charge in [0.15, 0.2) is 0 Å². The van der Waals surface area contributed by atoms with Gasteiger partial charge in [-0.15, -0.1) is 0 Å². The number of hydrogen-bond donors (Lipinski definition) is 0. The van der Waals surface area contributed by atoms with Crippen LogP contribution < -0.4 is 15.3 Å². The molecule has 4 aliphatic carbocycles. The third-order valence-electron chi connectivity index (χ3n) is 26.8. The maximum Gasteiger partial charge on any atom is 0.494 e. The van der Waals surface area contributed by atoms with Crippen LogP contribution in [0.25, 0.3) is 100 Å². The minimum Gasteiger partial charge on any atom is -0.399 e. The smallest absolute Gasteiger partial charge is 0.399 e. The second-order valence-corrected chi connectivity index (χ2v) is 36.8. The van der Waals surface area contributed by atoms with Crippen molar-refractivity contribution < 1.29 is 9.31 Å². The van der Waals surface area contributed by atoms with Crippen LogP contribution in [-0.2, 0) is 31.0 Å². The van der Waals surface area contributed by atoms with E-state index in [-0.39, 0.29) is 32.9 Å². The van der Waals surface area contributed by atoms with E-state index in [1.54, 1.807) is 0 Å². The van der Waals surface area contributed by atoms with Gasteiger partial charge < -0.3 is 19.1 Å². The highest BCUT2D eigenvalue weighted by Gasteiger charge is 2.52. The minimum atomic E-state index is -0.392. The van der Waals surface area contributed by atoms with Crippen molar-refractivity contribution in [2.45, 2.75) is 116 Å². The first-order valence-electron chi connectivity index (χ1n) is 42.2. The quantitative estimate of drug-likeness (QED) is 0.114. The molecule has 16 aromatic rings. The summed E-state index contributed by atoms with van der Waals surface area (Å²) in [5.74, 6) is 0. The largest absolute Gasteiger partial charge is 0.494 e. The van der Waals surface area contributed by atoms with E-state index in [9.17, 15) is 0 Å². The summed E-state index contributed by atoms with van der Waals surface area (Å²) in [4.78, 5) is 4.76. The van der Waals surface area contributed by atoms with Gasteiger partial charge in [0, 0.05) is 60.3 Å². The topological polar surface area (TPSA) is 24.9 Å². The Balaban J connectivity index is 0.000000129. The maximum absolute atomic E-state index is 6.34. The molecule has 6 heteroatoms. The van der Waals surface area contributed by atoms with Crippen molar-refractivity contribution in [3.8, 4) is 100 Å². The van der Waals surface area contributed by atoms with Gasteiger partial charge in [-0.05, 0) is 269 Å². The number of benzene rings is 16. The fourth-order valence-electron chi connectivity index (χ4n) is 19.4. The number of fused-ring (bicyclic) bond motifs is 12. The van der Waals surface area contributed by atoms with E-state index >= 15 is 0 Å². The lowest BCUT2D eigenvalue weighted by molar-refractivity contribution is 0.00578. The van der Waals surface area contributed by atoms with Crippen LogP contribution in [0.2, 0.25) is 0 Å². The second kappa shape index (κ2) is 30.1. The number of nitrogens with zero attached hydrogens (tertiary/aromatic N) is 2. The van der Waals surface area contributed by atoms with Gasteiger partial charge in [-0.3, -0.25) is 0 Å². The zero-order chi connectivity index (χ0) is 82.6. The van der Waals surface area contributed by atoms with E-state index < -0.39 is 7.12 Å². The van der Waals surface area contributed by atoms with Crippen molar-refractivity contribution in [3.05, 3.63) is 425 Å². The Morgan fingerprint density at radius 2 is 0.483 bits per heavy atom. The molecule has 0 saturated carbocycles. The molecule has 0 radical (unpaired) electrons. The van der Waals surface area contributed by atoms with Crippen LogP contribution >= 0.6 is 15.9 Å². The molecule has 0 spiro atoms. The SMILES string of the molecule is CC1(C)c2cc(Br)ccc2-c2c(-c3ccccc3)cccc21.CC1(C)c2ccccc2-c2ccc(N(c3ccc(-c4ccccc4)cc3)c3ccc(-c4ccc5c(c4)C(C)(C)c4cccc(-c6ccccc6)c4-5)cc3)cc21.CC1(C)c2ccccc2-c2ccc(N(c3ccc(B4OC(C)(C)C(C)(C)O4)cc3)c3ccc(-c4ccccc4)cc3)cc21. The molecular weight excluding hydrogens is 1520 g/mol. The van der Waals surface area contributed by atoms with Gasteiger partial charge in [0.25, 0.3) is 0 Å². The summed E-state index contributed by atoms with van der Waals surface area (Å²) >= 11 is 3.62. The molecule has 120 heavy (non-hydrogen) atoms. The normalized spacial score (nSPS) is 15.4. The van der Waals surface area contributed by atoms with Gasteiger partial charge in [0.2, 0.25) is 0 Å². The number of rotatable bonds is 12. The highest BCUT2D eigenvalue weighted by molar-refractivity contribution is 9.10. The molecule has 1 fully saturated rings. The molecule has 586 valence electrons. The van der Waals surface area contributed by atoms with Gasteiger partial charge in [-0.25, -0.2) is 0 Å². The zero-order valence-electron chi connectivity index (χ0n) is 70.5. The van der Waals surface area contributed by atoms with Crippen LogP contribution in [0.5, 0.6) is 0 Å². The molecule has 21 rings (SSSR count). The highest BCUT2D eigenvalue weighted by Crippen LogP contribution is 2.57. The predicted molar refractivity (Wildman–Crippen MR) is 510 cm³/mol. The molecule has 16 aromatic carbocycles. The fraction of sp³-hybridized carbons (Fsp3) is 0.158. The lowest BCUT2D eigenvalue weighted by Crippen LogP contribution is -2.41. The maximum atomic E-state index is 6.34. The lowest BCUT2D eigenvalue weighted by atomic mass is 9.79. The Bertz CT molecular complexity index is 6550. The number of anilines is 6. The van der Waals surface area contributed by atoms with Gasteiger partial charge in [-0.1, -0.05) is 356 Å². The van der Waals surface area contributed by atoms with Crippen molar-refractivity contribution in [3.63, 3.8) is 0 Å².